The van der Waals surface area contributed by atoms with Gasteiger partial charge < -0.3 is 10.8 Å². The molecule has 0 spiro atoms. The minimum absolute atomic E-state index is 0.0635. The number of allylic oxidation sites excluding steroid dienone is 4. The van der Waals surface area contributed by atoms with Crippen LogP contribution in [0.4, 0.5) is 0 Å². The van der Waals surface area contributed by atoms with Crippen LogP contribution in [-0.2, 0) is 0 Å². The average molecular weight is 218 g/mol. The van der Waals surface area contributed by atoms with Crippen molar-refractivity contribution in [2.75, 3.05) is 0 Å². The van der Waals surface area contributed by atoms with Gasteiger partial charge in [0.05, 0.1) is 6.04 Å². The molecule has 0 aromatic rings. The third-order valence-corrected chi connectivity index (χ3v) is 2.10. The van der Waals surface area contributed by atoms with E-state index in [2.05, 4.69) is 6.58 Å². The predicted molar refractivity (Wildman–Crippen MR) is 55.7 cm³/mol. The van der Waals surface area contributed by atoms with Gasteiger partial charge in [-0.25, -0.2) is 0 Å². The van der Waals surface area contributed by atoms with E-state index in [1.54, 1.807) is 6.08 Å². The Kier molecular flexibility index (Phi) is 3.20. The van der Waals surface area contributed by atoms with Crippen LogP contribution in [0.2, 0.25) is 0 Å². The van der Waals surface area contributed by atoms with Crippen molar-refractivity contribution in [3.63, 3.8) is 0 Å². The molecule has 0 aliphatic heterocycles. The first-order valence-electron chi connectivity index (χ1n) is 3.60. The highest BCUT2D eigenvalue weighted by atomic mass is 35.5. The highest BCUT2D eigenvalue weighted by Gasteiger charge is 2.19. The second-order valence-corrected chi connectivity index (χ2v) is 3.52. The first-order chi connectivity index (χ1) is 6.02. The topological polar surface area (TPSA) is 46.2 Å². The molecule has 1 aliphatic rings. The van der Waals surface area contributed by atoms with Crippen molar-refractivity contribution < 1.29 is 5.11 Å². The number of halogens is 2. The SMILES string of the molecule is C=C(Cl)C=C1C(Cl)=CC=C(O)C1N. The molecule has 13 heavy (non-hydrogen) atoms. The Labute approximate surface area is 86.6 Å². The minimum Gasteiger partial charge on any atom is -0.510 e. The molecule has 70 valence electrons. The van der Waals surface area contributed by atoms with Crippen LogP contribution < -0.4 is 5.73 Å². The summed E-state index contributed by atoms with van der Waals surface area (Å²) in [5.41, 5.74) is 6.22. The van der Waals surface area contributed by atoms with Gasteiger partial charge >= 0.3 is 0 Å². The van der Waals surface area contributed by atoms with Gasteiger partial charge in [0.15, 0.2) is 0 Å². The molecule has 0 radical (unpaired) electrons. The lowest BCUT2D eigenvalue weighted by Crippen LogP contribution is -2.27. The highest BCUT2D eigenvalue weighted by molar-refractivity contribution is 6.33. The van der Waals surface area contributed by atoms with Crippen molar-refractivity contribution in [2.24, 2.45) is 5.73 Å². The van der Waals surface area contributed by atoms with E-state index in [1.807, 2.05) is 0 Å². The Morgan fingerprint density at radius 3 is 2.77 bits per heavy atom. The second-order valence-electron chi connectivity index (χ2n) is 2.63. The molecule has 3 N–H and O–H groups in total. The Bertz CT molecular complexity index is 329. The molecular formula is C9H9Cl2NO. The summed E-state index contributed by atoms with van der Waals surface area (Å²) in [6.07, 6.45) is 4.56. The lowest BCUT2D eigenvalue weighted by molar-refractivity contribution is 0.379. The van der Waals surface area contributed by atoms with Gasteiger partial charge in [-0.1, -0.05) is 29.8 Å². The molecule has 0 saturated carbocycles. The van der Waals surface area contributed by atoms with Gasteiger partial charge in [0.2, 0.25) is 0 Å². The van der Waals surface area contributed by atoms with Crippen molar-refractivity contribution in [3.05, 3.63) is 46.2 Å². The van der Waals surface area contributed by atoms with Gasteiger partial charge in [-0.05, 0) is 23.8 Å². The second kappa shape index (κ2) is 4.01. The van der Waals surface area contributed by atoms with Crippen LogP contribution in [-0.4, -0.2) is 11.1 Å². The molecule has 0 aromatic carbocycles. The smallest absolute Gasteiger partial charge is 0.114 e. The first kappa shape index (κ1) is 10.4. The van der Waals surface area contributed by atoms with Crippen LogP contribution >= 0.6 is 23.2 Å². The molecule has 1 aliphatic carbocycles. The molecule has 0 aromatic heterocycles. The fourth-order valence-electron chi connectivity index (χ4n) is 0.994. The maximum atomic E-state index is 9.30. The average Bonchev–Trinajstić information content (AvgIpc) is 2.05. The number of hydrogen-bond donors (Lipinski definition) is 2. The van der Waals surface area contributed by atoms with Crippen LogP contribution in [0, 0.1) is 0 Å². The summed E-state index contributed by atoms with van der Waals surface area (Å²) in [5.74, 6) is 0.0635. The van der Waals surface area contributed by atoms with E-state index in [9.17, 15) is 5.11 Å². The summed E-state index contributed by atoms with van der Waals surface area (Å²) in [6.45, 7) is 3.49. The lowest BCUT2D eigenvalue weighted by atomic mass is 10.0. The highest BCUT2D eigenvalue weighted by Crippen LogP contribution is 2.26. The zero-order chi connectivity index (χ0) is 10.0. The zero-order valence-electron chi connectivity index (χ0n) is 6.80. The zero-order valence-corrected chi connectivity index (χ0v) is 8.31. The van der Waals surface area contributed by atoms with E-state index in [-0.39, 0.29) is 5.76 Å². The third-order valence-electron chi connectivity index (χ3n) is 1.64. The molecule has 0 saturated heterocycles. The van der Waals surface area contributed by atoms with Crippen molar-refractivity contribution in [1.29, 1.82) is 0 Å². The van der Waals surface area contributed by atoms with Crippen molar-refractivity contribution in [2.45, 2.75) is 6.04 Å². The number of hydrogen-bond acceptors (Lipinski definition) is 2. The number of aliphatic hydroxyl groups excluding tert-OH is 1. The minimum atomic E-state index is -0.618. The molecule has 0 heterocycles. The maximum Gasteiger partial charge on any atom is 0.114 e. The van der Waals surface area contributed by atoms with Crippen LogP contribution in [0.1, 0.15) is 0 Å². The van der Waals surface area contributed by atoms with Gasteiger partial charge in [0, 0.05) is 10.1 Å². The van der Waals surface area contributed by atoms with Crippen LogP contribution in [0.25, 0.3) is 0 Å². The summed E-state index contributed by atoms with van der Waals surface area (Å²) in [4.78, 5) is 0. The van der Waals surface area contributed by atoms with Gasteiger partial charge in [-0.15, -0.1) is 0 Å². The summed E-state index contributed by atoms with van der Waals surface area (Å²) in [5, 5.41) is 10.1. The Balaban J connectivity index is 3.06. The molecule has 1 atom stereocenters. The lowest BCUT2D eigenvalue weighted by Gasteiger charge is -2.18. The van der Waals surface area contributed by atoms with Crippen LogP contribution in [0.5, 0.6) is 0 Å². The Hall–Kier alpha value is -0.700. The summed E-state index contributed by atoms with van der Waals surface area (Å²) in [6, 6.07) is -0.618. The number of aliphatic hydroxyl groups is 1. The molecule has 1 unspecified atom stereocenters. The quantitative estimate of drug-likeness (QED) is 0.710. The van der Waals surface area contributed by atoms with Crippen molar-refractivity contribution in [1.82, 2.24) is 0 Å². The fourth-order valence-corrected chi connectivity index (χ4v) is 1.35. The standard InChI is InChI=1S/C9H9Cl2NO/c1-5(10)4-6-7(11)2-3-8(13)9(6)12/h2-4,9,13H,1,12H2. The van der Waals surface area contributed by atoms with E-state index in [1.165, 1.54) is 12.2 Å². The fraction of sp³-hybridized carbons (Fsp3) is 0.111. The molecule has 4 heteroatoms. The predicted octanol–water partition coefficient (Wildman–Crippen LogP) is 2.57. The van der Waals surface area contributed by atoms with Crippen LogP contribution in [0.3, 0.4) is 0 Å². The maximum absolute atomic E-state index is 9.30. The summed E-state index contributed by atoms with van der Waals surface area (Å²) < 4.78 is 0. The van der Waals surface area contributed by atoms with Crippen molar-refractivity contribution >= 4 is 23.2 Å². The molecule has 0 fully saturated rings. The molecule has 0 amide bonds. The van der Waals surface area contributed by atoms with E-state index in [4.69, 9.17) is 28.9 Å². The van der Waals surface area contributed by atoms with Gasteiger partial charge in [-0.2, -0.15) is 0 Å². The summed E-state index contributed by atoms with van der Waals surface area (Å²) in [7, 11) is 0. The molecule has 0 bridgehead atoms. The Morgan fingerprint density at radius 1 is 1.62 bits per heavy atom. The normalized spacial score (nSPS) is 25.5. The monoisotopic (exact) mass is 217 g/mol. The molecule has 1 rings (SSSR count). The van der Waals surface area contributed by atoms with E-state index >= 15 is 0 Å². The van der Waals surface area contributed by atoms with E-state index < -0.39 is 6.04 Å². The first-order valence-corrected chi connectivity index (χ1v) is 4.36. The van der Waals surface area contributed by atoms with Gasteiger partial charge in [0.1, 0.15) is 5.76 Å². The molecular weight excluding hydrogens is 209 g/mol. The van der Waals surface area contributed by atoms with E-state index in [0.717, 1.165) is 0 Å². The van der Waals surface area contributed by atoms with Gasteiger partial charge in [0.25, 0.3) is 0 Å². The largest absolute Gasteiger partial charge is 0.510 e. The number of rotatable bonds is 1. The third kappa shape index (κ3) is 2.37. The van der Waals surface area contributed by atoms with Gasteiger partial charge in [-0.3, -0.25) is 0 Å². The number of nitrogens with two attached hydrogens (primary N) is 1. The van der Waals surface area contributed by atoms with E-state index in [0.29, 0.717) is 15.6 Å². The summed E-state index contributed by atoms with van der Waals surface area (Å²) >= 11 is 11.4. The molecule has 2 nitrogen and oxygen atoms in total. The van der Waals surface area contributed by atoms with Crippen LogP contribution in [0.15, 0.2) is 46.2 Å². The Morgan fingerprint density at radius 2 is 2.23 bits per heavy atom. The van der Waals surface area contributed by atoms with Crippen molar-refractivity contribution in [3.8, 4) is 0 Å².